The molecule has 1 aromatic rings. The normalized spacial score (nSPS) is 11.2. The average Bonchev–Trinajstić information content (AvgIpc) is 2.06. The third kappa shape index (κ3) is 3.24. The zero-order valence-corrected chi connectivity index (χ0v) is 9.31. The van der Waals surface area contributed by atoms with Crippen LogP contribution in [-0.4, -0.2) is 13.4 Å². The summed E-state index contributed by atoms with van der Waals surface area (Å²) < 4.78 is 41.2. The van der Waals surface area contributed by atoms with Gasteiger partial charge >= 0.3 is 6.30 Å². The van der Waals surface area contributed by atoms with E-state index in [1.54, 1.807) is 22.6 Å². The Labute approximate surface area is 92.6 Å². The first kappa shape index (κ1) is 11.4. The molecule has 0 amide bonds. The van der Waals surface area contributed by atoms with Crippen LogP contribution in [0, 0.1) is 3.57 Å². The molecule has 0 spiro atoms. The van der Waals surface area contributed by atoms with Crippen molar-refractivity contribution in [1.29, 1.82) is 0 Å². The van der Waals surface area contributed by atoms with Gasteiger partial charge in [0.2, 0.25) is 0 Å². The fourth-order valence-corrected chi connectivity index (χ4v) is 1.50. The molecule has 0 bridgehead atoms. The zero-order chi connectivity index (χ0) is 10.8. The summed E-state index contributed by atoms with van der Waals surface area (Å²) in [7, 11) is 1.46. The number of anilines is 1. The molecular formula is C8H7F3INO. The lowest BCUT2D eigenvalue weighted by Gasteiger charge is -2.12. The first-order valence-corrected chi connectivity index (χ1v) is 4.69. The Morgan fingerprint density at radius 2 is 2.00 bits per heavy atom. The van der Waals surface area contributed by atoms with E-state index in [0.29, 0.717) is 9.32 Å². The van der Waals surface area contributed by atoms with Gasteiger partial charge in [-0.1, -0.05) is 0 Å². The molecule has 0 unspecified atom stereocenters. The summed E-state index contributed by atoms with van der Waals surface area (Å²) in [4.78, 5) is 0. The maximum atomic E-state index is 12.0. The van der Waals surface area contributed by atoms with E-state index in [4.69, 9.17) is 4.74 Å². The Hall–Kier alpha value is -0.660. The number of nitrogens with one attached hydrogen (secondary N) is 1. The molecule has 0 aliphatic rings. The predicted octanol–water partition coefficient (Wildman–Crippen LogP) is 3.23. The predicted molar refractivity (Wildman–Crippen MR) is 55.4 cm³/mol. The van der Waals surface area contributed by atoms with Gasteiger partial charge in [-0.05, 0) is 40.8 Å². The summed E-state index contributed by atoms with van der Waals surface area (Å²) in [6.45, 7) is 0. The van der Waals surface area contributed by atoms with Crippen LogP contribution in [0.5, 0.6) is 5.75 Å². The third-order valence-corrected chi connectivity index (χ3v) is 2.35. The smallest absolute Gasteiger partial charge is 0.482 e. The molecule has 0 aromatic heterocycles. The minimum atomic E-state index is -4.41. The van der Waals surface area contributed by atoms with E-state index in [-0.39, 0.29) is 5.69 Å². The van der Waals surface area contributed by atoms with Crippen molar-refractivity contribution in [1.82, 2.24) is 0 Å². The van der Waals surface area contributed by atoms with Crippen molar-refractivity contribution in [3.8, 4) is 5.75 Å². The lowest BCUT2D eigenvalue weighted by Crippen LogP contribution is -2.21. The topological polar surface area (TPSA) is 21.3 Å². The van der Waals surface area contributed by atoms with Crippen molar-refractivity contribution in [2.24, 2.45) is 0 Å². The largest absolute Gasteiger partial charge is 0.497 e. The summed E-state index contributed by atoms with van der Waals surface area (Å²) in [5.74, 6) is 0.530. The summed E-state index contributed by atoms with van der Waals surface area (Å²) in [6.07, 6.45) is -4.41. The molecular weight excluding hydrogens is 310 g/mol. The van der Waals surface area contributed by atoms with Crippen LogP contribution < -0.4 is 10.1 Å². The lowest BCUT2D eigenvalue weighted by atomic mass is 10.3. The SMILES string of the molecule is COc1ccc(NC(F)(F)F)c(I)c1. The van der Waals surface area contributed by atoms with Gasteiger partial charge in [0.05, 0.1) is 12.8 Å². The highest BCUT2D eigenvalue weighted by atomic mass is 127. The van der Waals surface area contributed by atoms with Crippen molar-refractivity contribution in [3.63, 3.8) is 0 Å². The second kappa shape index (κ2) is 4.24. The highest BCUT2D eigenvalue weighted by molar-refractivity contribution is 14.1. The molecule has 1 aromatic carbocycles. The molecule has 78 valence electrons. The number of methoxy groups -OCH3 is 1. The summed E-state index contributed by atoms with van der Waals surface area (Å²) >= 11 is 1.81. The molecule has 2 nitrogen and oxygen atoms in total. The first-order chi connectivity index (χ1) is 6.42. The fourth-order valence-electron chi connectivity index (χ4n) is 0.877. The maximum absolute atomic E-state index is 12.0. The van der Waals surface area contributed by atoms with Crippen LogP contribution in [0.2, 0.25) is 0 Å². The fraction of sp³-hybridized carbons (Fsp3) is 0.250. The van der Waals surface area contributed by atoms with Crippen molar-refractivity contribution in [3.05, 3.63) is 21.8 Å². The van der Waals surface area contributed by atoms with Gasteiger partial charge in [-0.3, -0.25) is 5.32 Å². The van der Waals surface area contributed by atoms with Crippen LogP contribution in [0.1, 0.15) is 0 Å². The van der Waals surface area contributed by atoms with E-state index >= 15 is 0 Å². The Bertz CT molecular complexity index is 327. The van der Waals surface area contributed by atoms with Gasteiger partial charge < -0.3 is 4.74 Å². The number of alkyl halides is 3. The van der Waals surface area contributed by atoms with Gasteiger partial charge in [-0.2, -0.15) is 13.2 Å². The number of hydrogen-bond donors (Lipinski definition) is 1. The van der Waals surface area contributed by atoms with Gasteiger partial charge in [0.1, 0.15) is 5.75 Å². The first-order valence-electron chi connectivity index (χ1n) is 3.61. The summed E-state index contributed by atoms with van der Waals surface area (Å²) in [5.41, 5.74) is 0.0268. The van der Waals surface area contributed by atoms with Crippen molar-refractivity contribution in [2.45, 2.75) is 6.30 Å². The van der Waals surface area contributed by atoms with Gasteiger partial charge in [0.15, 0.2) is 0 Å². The molecule has 0 fully saturated rings. The Morgan fingerprint density at radius 1 is 1.36 bits per heavy atom. The highest BCUT2D eigenvalue weighted by Crippen LogP contribution is 2.27. The van der Waals surface area contributed by atoms with Crippen LogP contribution in [0.25, 0.3) is 0 Å². The van der Waals surface area contributed by atoms with Gasteiger partial charge in [0, 0.05) is 3.57 Å². The van der Waals surface area contributed by atoms with Crippen molar-refractivity contribution >= 4 is 28.3 Å². The van der Waals surface area contributed by atoms with Gasteiger partial charge in [0.25, 0.3) is 0 Å². The third-order valence-electron chi connectivity index (χ3n) is 1.45. The van der Waals surface area contributed by atoms with Crippen molar-refractivity contribution < 1.29 is 17.9 Å². The Kier molecular flexibility index (Phi) is 3.46. The Morgan fingerprint density at radius 3 is 2.43 bits per heavy atom. The molecule has 0 saturated carbocycles. The minimum Gasteiger partial charge on any atom is -0.497 e. The molecule has 0 atom stereocenters. The highest BCUT2D eigenvalue weighted by Gasteiger charge is 2.27. The van der Waals surface area contributed by atoms with E-state index in [0.717, 1.165) is 0 Å². The van der Waals surface area contributed by atoms with Crippen LogP contribution in [0.15, 0.2) is 18.2 Å². The molecule has 1 N–H and O–H groups in total. The van der Waals surface area contributed by atoms with Crippen LogP contribution in [0.4, 0.5) is 18.9 Å². The Balaban J connectivity index is 2.89. The summed E-state index contributed by atoms with van der Waals surface area (Å²) in [6, 6.07) is 4.32. The van der Waals surface area contributed by atoms with Crippen molar-refractivity contribution in [2.75, 3.05) is 12.4 Å². The number of hydrogen-bond acceptors (Lipinski definition) is 2. The lowest BCUT2D eigenvalue weighted by molar-refractivity contribution is -0.1000. The number of benzene rings is 1. The molecule has 14 heavy (non-hydrogen) atoms. The van der Waals surface area contributed by atoms with Crippen LogP contribution in [0.3, 0.4) is 0 Å². The number of ether oxygens (including phenoxy) is 1. The van der Waals surface area contributed by atoms with Crippen LogP contribution >= 0.6 is 22.6 Å². The number of halogens is 4. The zero-order valence-electron chi connectivity index (χ0n) is 7.15. The van der Waals surface area contributed by atoms with E-state index in [1.165, 1.54) is 30.6 Å². The molecule has 0 heterocycles. The molecule has 6 heteroatoms. The van der Waals surface area contributed by atoms with E-state index < -0.39 is 6.30 Å². The van der Waals surface area contributed by atoms with Crippen LogP contribution in [-0.2, 0) is 0 Å². The second-order valence-electron chi connectivity index (χ2n) is 2.47. The van der Waals surface area contributed by atoms with Gasteiger partial charge in [-0.15, -0.1) is 0 Å². The summed E-state index contributed by atoms with van der Waals surface area (Å²) in [5, 5.41) is 1.44. The molecule has 1 rings (SSSR count). The molecule has 0 aliphatic carbocycles. The monoisotopic (exact) mass is 317 g/mol. The molecule has 0 radical (unpaired) electrons. The average molecular weight is 317 g/mol. The molecule has 0 aliphatic heterocycles. The van der Waals surface area contributed by atoms with Gasteiger partial charge in [-0.25, -0.2) is 0 Å². The number of rotatable bonds is 2. The standard InChI is InChI=1S/C8H7F3INO/c1-14-5-2-3-7(6(12)4-5)13-8(9,10)11/h2-4,13H,1H3. The quantitative estimate of drug-likeness (QED) is 0.668. The van der Waals surface area contributed by atoms with E-state index in [9.17, 15) is 13.2 Å². The maximum Gasteiger partial charge on any atom is 0.482 e. The molecule has 0 saturated heterocycles. The van der Waals surface area contributed by atoms with E-state index in [2.05, 4.69) is 0 Å². The minimum absolute atomic E-state index is 0.0268. The van der Waals surface area contributed by atoms with E-state index in [1.807, 2.05) is 0 Å². The second-order valence-corrected chi connectivity index (χ2v) is 3.63.